The number of unbranched alkanes of at least 4 members (excludes halogenated alkanes) is 58. The Kier molecular flexibility index (Phi) is 72.3. The molecule has 0 saturated carbocycles. The summed E-state index contributed by atoms with van der Waals surface area (Å²) in [6.07, 6.45) is 91.8. The third-order valence-electron chi connectivity index (χ3n) is 17.8. The second kappa shape index (κ2) is 73.5. The van der Waals surface area contributed by atoms with Crippen molar-refractivity contribution in [3.63, 3.8) is 0 Å². The molecule has 0 aliphatic heterocycles. The van der Waals surface area contributed by atoms with Crippen molar-refractivity contribution in [2.75, 3.05) is 26.4 Å². The van der Waals surface area contributed by atoms with Crippen LogP contribution in [-0.4, -0.2) is 49.3 Å². The Balaban J connectivity index is 3.74. The zero-order valence-corrected chi connectivity index (χ0v) is 59.2. The fraction of sp³-hybridized carbons (Fsp3) is 0.922. The lowest BCUT2D eigenvalue weighted by Crippen LogP contribution is -2.29. The number of nitrogens with two attached hydrogens (primary N) is 1. The standard InChI is InChI=1S/C77H150NO8P/c1-3-5-7-9-11-13-15-17-19-21-23-25-27-29-31-33-34-35-36-37-38-39-40-42-43-45-47-49-51-53-55-57-59-61-63-65-67-69-76(79)83-73-75(74-85-87(81,82)84-72-71-78)86-77(80)70-68-66-64-62-60-58-56-54-52-50-48-46-44-41-32-30-28-26-24-22-20-18-16-14-12-10-8-6-4-2/h16,18,22,24,75H,3-15,17,19-21,23,25-74,78H2,1-2H3,(H,81,82)/b18-16-,24-22-. The lowest BCUT2D eigenvalue weighted by Gasteiger charge is -2.19. The van der Waals surface area contributed by atoms with E-state index in [1.165, 1.54) is 353 Å². The molecule has 0 fully saturated rings. The molecule has 0 aromatic heterocycles. The van der Waals surface area contributed by atoms with Crippen molar-refractivity contribution in [1.82, 2.24) is 0 Å². The lowest BCUT2D eigenvalue weighted by molar-refractivity contribution is -0.161. The molecular weight excluding hydrogens is 1100 g/mol. The van der Waals surface area contributed by atoms with E-state index in [9.17, 15) is 19.0 Å². The second-order valence-electron chi connectivity index (χ2n) is 26.6. The van der Waals surface area contributed by atoms with Gasteiger partial charge in [0.05, 0.1) is 13.2 Å². The van der Waals surface area contributed by atoms with Crippen LogP contribution in [0.4, 0.5) is 0 Å². The number of ether oxygens (including phenoxy) is 2. The molecule has 516 valence electrons. The maximum atomic E-state index is 12.8. The summed E-state index contributed by atoms with van der Waals surface area (Å²) in [6.45, 7) is 3.82. The maximum absolute atomic E-state index is 12.8. The summed E-state index contributed by atoms with van der Waals surface area (Å²) in [5.74, 6) is -0.801. The third-order valence-corrected chi connectivity index (χ3v) is 18.8. The van der Waals surface area contributed by atoms with Gasteiger partial charge in [-0.3, -0.25) is 18.6 Å². The van der Waals surface area contributed by atoms with Crippen LogP contribution < -0.4 is 5.73 Å². The van der Waals surface area contributed by atoms with Crippen LogP contribution in [0.1, 0.15) is 425 Å². The van der Waals surface area contributed by atoms with Crippen molar-refractivity contribution in [2.24, 2.45) is 5.73 Å². The van der Waals surface area contributed by atoms with E-state index in [4.69, 9.17) is 24.3 Å². The molecule has 0 aromatic rings. The predicted octanol–water partition coefficient (Wildman–Crippen LogP) is 25.7. The molecule has 87 heavy (non-hydrogen) atoms. The van der Waals surface area contributed by atoms with Crippen LogP contribution in [0.25, 0.3) is 0 Å². The SMILES string of the molecule is CCCCCCC/C=C\C/C=C\CCCCCCCCCCCCCCCCCCCC(=O)OC(COC(=O)CCCCCCCCCCCCCCCCCCCCCCCCCCCCCCCCCCCCCCC)COP(=O)(O)OCCN. The van der Waals surface area contributed by atoms with Gasteiger partial charge in [0.1, 0.15) is 6.61 Å². The Morgan fingerprint density at radius 3 is 0.874 bits per heavy atom. The minimum Gasteiger partial charge on any atom is -0.462 e. The van der Waals surface area contributed by atoms with Gasteiger partial charge in [-0.05, 0) is 44.9 Å². The number of phosphoric acid groups is 1. The summed E-state index contributed by atoms with van der Waals surface area (Å²) in [4.78, 5) is 35.4. The molecule has 10 heteroatoms. The smallest absolute Gasteiger partial charge is 0.462 e. The molecule has 0 saturated heterocycles. The van der Waals surface area contributed by atoms with Gasteiger partial charge in [0.25, 0.3) is 0 Å². The minimum atomic E-state index is -4.39. The summed E-state index contributed by atoms with van der Waals surface area (Å²) in [6, 6.07) is 0. The number of esters is 2. The van der Waals surface area contributed by atoms with Crippen molar-refractivity contribution in [3.05, 3.63) is 24.3 Å². The van der Waals surface area contributed by atoms with E-state index in [1.807, 2.05) is 0 Å². The average molecular weight is 1250 g/mol. The molecule has 0 aromatic carbocycles. The number of hydrogen-bond acceptors (Lipinski definition) is 8. The molecule has 3 N–H and O–H groups in total. The Labute approximate surface area is 542 Å². The Morgan fingerprint density at radius 1 is 0.345 bits per heavy atom. The van der Waals surface area contributed by atoms with Crippen LogP contribution in [0.15, 0.2) is 24.3 Å². The molecule has 2 atom stereocenters. The monoisotopic (exact) mass is 1250 g/mol. The van der Waals surface area contributed by atoms with Gasteiger partial charge in [-0.25, -0.2) is 4.57 Å². The van der Waals surface area contributed by atoms with E-state index in [0.29, 0.717) is 6.42 Å². The number of allylic oxidation sites excluding steroid dienone is 4. The van der Waals surface area contributed by atoms with E-state index < -0.39 is 26.5 Å². The van der Waals surface area contributed by atoms with Crippen molar-refractivity contribution >= 4 is 19.8 Å². The molecule has 0 aliphatic rings. The predicted molar refractivity (Wildman–Crippen MR) is 377 cm³/mol. The molecular formula is C77H150NO8P. The first kappa shape index (κ1) is 85.5. The molecule has 0 heterocycles. The van der Waals surface area contributed by atoms with Crippen LogP contribution in [0.2, 0.25) is 0 Å². The van der Waals surface area contributed by atoms with Gasteiger partial charge in [-0.15, -0.1) is 0 Å². The highest BCUT2D eigenvalue weighted by Crippen LogP contribution is 2.43. The number of phosphoric ester groups is 1. The second-order valence-corrected chi connectivity index (χ2v) is 28.0. The highest BCUT2D eigenvalue weighted by atomic mass is 31.2. The quantitative estimate of drug-likeness (QED) is 0.0264. The van der Waals surface area contributed by atoms with E-state index in [0.717, 1.165) is 38.5 Å². The zero-order chi connectivity index (χ0) is 63.0. The van der Waals surface area contributed by atoms with Crippen molar-refractivity contribution in [2.45, 2.75) is 431 Å². The average Bonchev–Trinajstić information content (AvgIpc) is 3.63. The summed E-state index contributed by atoms with van der Waals surface area (Å²) < 4.78 is 33.3. The van der Waals surface area contributed by atoms with Crippen molar-refractivity contribution in [3.8, 4) is 0 Å². The van der Waals surface area contributed by atoms with Gasteiger partial charge < -0.3 is 20.1 Å². The normalized spacial score (nSPS) is 12.9. The Hall–Kier alpha value is -1.51. The first-order valence-electron chi connectivity index (χ1n) is 38.8. The first-order valence-corrected chi connectivity index (χ1v) is 40.3. The Bertz CT molecular complexity index is 1470. The summed E-state index contributed by atoms with van der Waals surface area (Å²) in [5, 5.41) is 0. The van der Waals surface area contributed by atoms with Crippen LogP contribution in [0.3, 0.4) is 0 Å². The zero-order valence-electron chi connectivity index (χ0n) is 58.3. The maximum Gasteiger partial charge on any atom is 0.472 e. The molecule has 0 radical (unpaired) electrons. The van der Waals surface area contributed by atoms with Crippen LogP contribution >= 0.6 is 7.82 Å². The number of carbonyl (C=O) groups is 2. The summed E-state index contributed by atoms with van der Waals surface area (Å²) >= 11 is 0. The van der Waals surface area contributed by atoms with Gasteiger partial charge in [0, 0.05) is 19.4 Å². The topological polar surface area (TPSA) is 134 Å². The van der Waals surface area contributed by atoms with Gasteiger partial charge >= 0.3 is 19.8 Å². The van der Waals surface area contributed by atoms with E-state index in [2.05, 4.69) is 38.2 Å². The van der Waals surface area contributed by atoms with Gasteiger partial charge in [0.15, 0.2) is 6.10 Å². The van der Waals surface area contributed by atoms with E-state index in [1.54, 1.807) is 0 Å². The third kappa shape index (κ3) is 73.4. The minimum absolute atomic E-state index is 0.0568. The first-order chi connectivity index (χ1) is 42.8. The molecule has 0 amide bonds. The van der Waals surface area contributed by atoms with Gasteiger partial charge in [-0.1, -0.05) is 391 Å². The molecule has 2 unspecified atom stereocenters. The molecule has 0 bridgehead atoms. The lowest BCUT2D eigenvalue weighted by atomic mass is 10.0. The molecule has 0 rings (SSSR count). The van der Waals surface area contributed by atoms with Crippen LogP contribution in [0.5, 0.6) is 0 Å². The van der Waals surface area contributed by atoms with Gasteiger partial charge in [-0.2, -0.15) is 0 Å². The fourth-order valence-electron chi connectivity index (χ4n) is 12.1. The van der Waals surface area contributed by atoms with E-state index in [-0.39, 0.29) is 38.6 Å². The van der Waals surface area contributed by atoms with Crippen LogP contribution in [0, 0.1) is 0 Å². The highest BCUT2D eigenvalue weighted by molar-refractivity contribution is 7.47. The summed E-state index contributed by atoms with van der Waals surface area (Å²) in [7, 11) is -4.39. The van der Waals surface area contributed by atoms with Crippen LogP contribution in [-0.2, 0) is 32.7 Å². The summed E-state index contributed by atoms with van der Waals surface area (Å²) in [5.41, 5.74) is 5.41. The van der Waals surface area contributed by atoms with Crippen molar-refractivity contribution in [1.29, 1.82) is 0 Å². The molecule has 9 nitrogen and oxygen atoms in total. The highest BCUT2D eigenvalue weighted by Gasteiger charge is 2.26. The largest absolute Gasteiger partial charge is 0.472 e. The van der Waals surface area contributed by atoms with E-state index >= 15 is 0 Å². The molecule has 0 aliphatic carbocycles. The number of carbonyl (C=O) groups excluding carboxylic acids is 2. The Morgan fingerprint density at radius 2 is 0.598 bits per heavy atom. The van der Waals surface area contributed by atoms with Gasteiger partial charge in [0.2, 0.25) is 0 Å². The number of hydrogen-bond donors (Lipinski definition) is 2. The number of rotatable bonds is 75. The molecule has 0 spiro atoms. The van der Waals surface area contributed by atoms with Crippen molar-refractivity contribution < 1.29 is 37.6 Å². The fourth-order valence-corrected chi connectivity index (χ4v) is 12.9.